The molecule has 3 N–H and O–H groups in total. The molecule has 1 fully saturated rings. The lowest BCUT2D eigenvalue weighted by Gasteiger charge is -2.25. The van der Waals surface area contributed by atoms with Crippen molar-refractivity contribution >= 4 is 40.9 Å². The van der Waals surface area contributed by atoms with Crippen molar-refractivity contribution in [3.63, 3.8) is 0 Å². The third-order valence-electron chi connectivity index (χ3n) is 3.34. The van der Waals surface area contributed by atoms with Gasteiger partial charge in [-0.25, -0.2) is 9.59 Å². The van der Waals surface area contributed by atoms with E-state index in [0.29, 0.717) is 28.6 Å². The van der Waals surface area contributed by atoms with E-state index < -0.39 is 17.5 Å². The van der Waals surface area contributed by atoms with Gasteiger partial charge in [-0.15, -0.1) is 0 Å². The fraction of sp³-hybridized carbons (Fsp3) is 0.385. The highest BCUT2D eigenvalue weighted by Crippen LogP contribution is 2.30. The fourth-order valence-electron chi connectivity index (χ4n) is 2.38. The molecular formula is C13H14Cl2N2O3. The monoisotopic (exact) mass is 316 g/mol. The van der Waals surface area contributed by atoms with E-state index >= 15 is 0 Å². The lowest BCUT2D eigenvalue weighted by Crippen LogP contribution is -2.53. The standard InChI is InChI=1S/C13H14Cl2N2O3/c14-8-5-9(15)7-10(6-8)16-12(20)17-13(11(18)19)3-1-2-4-13/h5-7H,1-4H2,(H,18,19)(H2,16,17,20). The normalized spacial score (nSPS) is 16.7. The van der Waals surface area contributed by atoms with E-state index in [4.69, 9.17) is 23.2 Å². The molecule has 7 heteroatoms. The zero-order valence-electron chi connectivity index (χ0n) is 10.6. The van der Waals surface area contributed by atoms with Crippen LogP contribution in [0.15, 0.2) is 18.2 Å². The average molecular weight is 317 g/mol. The number of carboxylic acids is 1. The van der Waals surface area contributed by atoms with E-state index in [1.54, 1.807) is 6.07 Å². The van der Waals surface area contributed by atoms with Crippen molar-refractivity contribution in [2.24, 2.45) is 0 Å². The average Bonchev–Trinajstić information content (AvgIpc) is 2.76. The maximum absolute atomic E-state index is 11.9. The Hall–Kier alpha value is -1.46. The number of carbonyl (C=O) groups excluding carboxylic acids is 1. The lowest BCUT2D eigenvalue weighted by atomic mass is 9.98. The van der Waals surface area contributed by atoms with Gasteiger partial charge in [-0.3, -0.25) is 0 Å². The molecule has 5 nitrogen and oxygen atoms in total. The van der Waals surface area contributed by atoms with Crippen molar-refractivity contribution in [1.82, 2.24) is 5.32 Å². The summed E-state index contributed by atoms with van der Waals surface area (Å²) in [4.78, 5) is 23.3. The first kappa shape index (κ1) is 14.9. The van der Waals surface area contributed by atoms with E-state index in [1.807, 2.05) is 0 Å². The van der Waals surface area contributed by atoms with Gasteiger partial charge in [0.05, 0.1) is 0 Å². The molecule has 0 aromatic heterocycles. The molecule has 2 amide bonds. The summed E-state index contributed by atoms with van der Waals surface area (Å²) in [6.45, 7) is 0. The van der Waals surface area contributed by atoms with E-state index in [0.717, 1.165) is 12.8 Å². The summed E-state index contributed by atoms with van der Waals surface area (Å²) in [5, 5.41) is 15.2. The van der Waals surface area contributed by atoms with Gasteiger partial charge in [0.15, 0.2) is 0 Å². The smallest absolute Gasteiger partial charge is 0.329 e. The molecule has 1 saturated carbocycles. The van der Waals surface area contributed by atoms with Crippen molar-refractivity contribution < 1.29 is 14.7 Å². The number of hydrogen-bond donors (Lipinski definition) is 3. The minimum atomic E-state index is -1.17. The van der Waals surface area contributed by atoms with Crippen LogP contribution in [0, 0.1) is 0 Å². The lowest BCUT2D eigenvalue weighted by molar-refractivity contribution is -0.144. The van der Waals surface area contributed by atoms with Gasteiger partial charge >= 0.3 is 12.0 Å². The zero-order chi connectivity index (χ0) is 14.8. The van der Waals surface area contributed by atoms with Crippen LogP contribution in [0.5, 0.6) is 0 Å². The van der Waals surface area contributed by atoms with Gasteiger partial charge in [-0.05, 0) is 31.0 Å². The van der Waals surface area contributed by atoms with Gasteiger partial charge in [0.25, 0.3) is 0 Å². The zero-order valence-corrected chi connectivity index (χ0v) is 12.1. The highest BCUT2D eigenvalue weighted by Gasteiger charge is 2.42. The van der Waals surface area contributed by atoms with Gasteiger partial charge in [0, 0.05) is 15.7 Å². The number of benzene rings is 1. The number of aliphatic carboxylic acids is 1. The first-order chi connectivity index (χ1) is 9.41. The Labute approximate surface area is 126 Å². The summed E-state index contributed by atoms with van der Waals surface area (Å²) in [6, 6.07) is 4.04. The number of carboxylic acid groups (broad SMARTS) is 1. The molecule has 0 spiro atoms. The van der Waals surface area contributed by atoms with Crippen LogP contribution in [0.2, 0.25) is 10.0 Å². The van der Waals surface area contributed by atoms with E-state index in [1.165, 1.54) is 12.1 Å². The Morgan fingerprint density at radius 1 is 1.10 bits per heavy atom. The molecule has 1 aromatic rings. The first-order valence-corrected chi connectivity index (χ1v) is 6.95. The Bertz CT molecular complexity index is 522. The maximum Gasteiger partial charge on any atom is 0.329 e. The molecule has 20 heavy (non-hydrogen) atoms. The summed E-state index contributed by atoms with van der Waals surface area (Å²) in [5.74, 6) is -1.01. The molecule has 2 rings (SSSR count). The Morgan fingerprint density at radius 3 is 2.15 bits per heavy atom. The molecule has 0 unspecified atom stereocenters. The second-order valence-corrected chi connectivity index (χ2v) is 5.70. The Morgan fingerprint density at radius 2 is 1.65 bits per heavy atom. The molecular weight excluding hydrogens is 303 g/mol. The summed E-state index contributed by atoms with van der Waals surface area (Å²) >= 11 is 11.7. The highest BCUT2D eigenvalue weighted by molar-refractivity contribution is 6.35. The van der Waals surface area contributed by atoms with Crippen LogP contribution in [0.25, 0.3) is 0 Å². The third-order valence-corrected chi connectivity index (χ3v) is 3.78. The molecule has 0 saturated heterocycles. The van der Waals surface area contributed by atoms with Crippen LogP contribution in [-0.4, -0.2) is 22.6 Å². The number of anilines is 1. The molecule has 1 aromatic carbocycles. The summed E-state index contributed by atoms with van der Waals surface area (Å²) in [5.41, 5.74) is -0.759. The summed E-state index contributed by atoms with van der Waals surface area (Å²) < 4.78 is 0. The van der Waals surface area contributed by atoms with Gasteiger partial charge in [-0.2, -0.15) is 0 Å². The van der Waals surface area contributed by atoms with E-state index in [9.17, 15) is 14.7 Å². The van der Waals surface area contributed by atoms with Crippen molar-refractivity contribution in [3.05, 3.63) is 28.2 Å². The summed E-state index contributed by atoms with van der Waals surface area (Å²) in [6.07, 6.45) is 2.45. The number of rotatable bonds is 3. The van der Waals surface area contributed by atoms with Crippen molar-refractivity contribution in [3.8, 4) is 0 Å². The second kappa shape index (κ2) is 5.89. The second-order valence-electron chi connectivity index (χ2n) is 4.83. The predicted octanol–water partition coefficient (Wildman–Crippen LogP) is 3.51. The summed E-state index contributed by atoms with van der Waals surface area (Å²) in [7, 11) is 0. The van der Waals surface area contributed by atoms with Crippen LogP contribution in [-0.2, 0) is 4.79 Å². The molecule has 108 valence electrons. The van der Waals surface area contributed by atoms with Gasteiger partial charge in [-0.1, -0.05) is 36.0 Å². The predicted molar refractivity (Wildman–Crippen MR) is 77.5 cm³/mol. The van der Waals surface area contributed by atoms with Crippen LogP contribution >= 0.6 is 23.2 Å². The molecule has 0 aliphatic heterocycles. The molecule has 0 heterocycles. The van der Waals surface area contributed by atoms with Crippen LogP contribution in [0.4, 0.5) is 10.5 Å². The van der Waals surface area contributed by atoms with Crippen molar-refractivity contribution in [1.29, 1.82) is 0 Å². The van der Waals surface area contributed by atoms with Crippen molar-refractivity contribution in [2.75, 3.05) is 5.32 Å². The topological polar surface area (TPSA) is 78.4 Å². The van der Waals surface area contributed by atoms with E-state index in [2.05, 4.69) is 10.6 Å². The largest absolute Gasteiger partial charge is 0.480 e. The molecule has 0 bridgehead atoms. The quantitative estimate of drug-likeness (QED) is 0.798. The van der Waals surface area contributed by atoms with Gasteiger partial charge in [0.1, 0.15) is 5.54 Å². The molecule has 1 aliphatic carbocycles. The maximum atomic E-state index is 11.9. The number of carbonyl (C=O) groups is 2. The number of urea groups is 1. The molecule has 1 aliphatic rings. The SMILES string of the molecule is O=C(Nc1cc(Cl)cc(Cl)c1)NC1(C(=O)O)CCCC1. The number of hydrogen-bond acceptors (Lipinski definition) is 2. The Balaban J connectivity index is 2.06. The van der Waals surface area contributed by atoms with E-state index in [-0.39, 0.29) is 0 Å². The third kappa shape index (κ3) is 3.35. The minimum absolute atomic E-state index is 0.390. The first-order valence-electron chi connectivity index (χ1n) is 6.20. The number of nitrogens with one attached hydrogen (secondary N) is 2. The highest BCUT2D eigenvalue weighted by atomic mass is 35.5. The van der Waals surface area contributed by atoms with Gasteiger partial charge < -0.3 is 15.7 Å². The van der Waals surface area contributed by atoms with Crippen LogP contribution < -0.4 is 10.6 Å². The van der Waals surface area contributed by atoms with Crippen molar-refractivity contribution in [2.45, 2.75) is 31.2 Å². The number of amides is 2. The minimum Gasteiger partial charge on any atom is -0.480 e. The molecule has 0 radical (unpaired) electrons. The van der Waals surface area contributed by atoms with Crippen LogP contribution in [0.3, 0.4) is 0 Å². The van der Waals surface area contributed by atoms with Crippen LogP contribution in [0.1, 0.15) is 25.7 Å². The number of halogens is 2. The fourth-order valence-corrected chi connectivity index (χ4v) is 2.90. The molecule has 0 atom stereocenters. The Kier molecular flexibility index (Phi) is 4.40. The van der Waals surface area contributed by atoms with Gasteiger partial charge in [0.2, 0.25) is 0 Å².